The maximum atomic E-state index is 13.3. The highest BCUT2D eigenvalue weighted by Gasteiger charge is 2.37. The molecule has 7 heteroatoms. The Bertz CT molecular complexity index is 923. The van der Waals surface area contributed by atoms with Crippen LogP contribution in [-0.2, 0) is 20.9 Å². The first kappa shape index (κ1) is 21.2. The van der Waals surface area contributed by atoms with Crippen molar-refractivity contribution in [3.8, 4) is 5.75 Å². The molecule has 2 fully saturated rings. The average Bonchev–Trinajstić information content (AvgIpc) is 2.80. The monoisotopic (exact) mass is 423 g/mol. The lowest BCUT2D eigenvalue weighted by Gasteiger charge is -2.41. The van der Waals surface area contributed by atoms with Crippen molar-refractivity contribution < 1.29 is 19.1 Å². The number of methoxy groups -OCH3 is 1. The molecule has 1 atom stereocenters. The molecular weight excluding hydrogens is 394 g/mol. The number of carbonyl (C=O) groups is 2. The van der Waals surface area contributed by atoms with Crippen molar-refractivity contribution in [1.82, 2.24) is 9.80 Å². The van der Waals surface area contributed by atoms with E-state index in [-0.39, 0.29) is 25.0 Å². The van der Waals surface area contributed by atoms with Gasteiger partial charge in [-0.05, 0) is 42.3 Å². The molecule has 2 aromatic carbocycles. The molecule has 2 aliphatic heterocycles. The van der Waals surface area contributed by atoms with Gasteiger partial charge in [0.05, 0.1) is 13.7 Å². The Labute approximate surface area is 183 Å². The SMILES string of the molecule is COc1ccc(CN2C(=O)COC[C@H]2C(=O)N2CCN(c3cccc(C)c3)CC2)cc1. The predicted molar refractivity (Wildman–Crippen MR) is 118 cm³/mol. The molecular formula is C24H29N3O4. The number of anilines is 1. The maximum absolute atomic E-state index is 13.3. The first-order chi connectivity index (χ1) is 15.0. The minimum atomic E-state index is -0.589. The molecule has 2 aromatic rings. The number of ether oxygens (including phenoxy) is 2. The molecule has 0 aromatic heterocycles. The lowest BCUT2D eigenvalue weighted by atomic mass is 10.1. The number of piperazine rings is 1. The summed E-state index contributed by atoms with van der Waals surface area (Å²) in [7, 11) is 1.62. The maximum Gasteiger partial charge on any atom is 0.249 e. The minimum Gasteiger partial charge on any atom is -0.497 e. The quantitative estimate of drug-likeness (QED) is 0.737. The molecule has 0 radical (unpaired) electrons. The Morgan fingerprint density at radius 2 is 1.84 bits per heavy atom. The smallest absolute Gasteiger partial charge is 0.249 e. The first-order valence-corrected chi connectivity index (χ1v) is 10.7. The Morgan fingerprint density at radius 1 is 1.10 bits per heavy atom. The van der Waals surface area contributed by atoms with Crippen molar-refractivity contribution in [3.63, 3.8) is 0 Å². The molecule has 7 nitrogen and oxygen atoms in total. The molecule has 2 heterocycles. The second kappa shape index (κ2) is 9.39. The highest BCUT2D eigenvalue weighted by Crippen LogP contribution is 2.21. The van der Waals surface area contributed by atoms with Gasteiger partial charge < -0.3 is 24.2 Å². The van der Waals surface area contributed by atoms with E-state index in [0.29, 0.717) is 19.6 Å². The third-order valence-electron chi connectivity index (χ3n) is 5.95. The molecule has 4 rings (SSSR count). The molecule has 0 saturated carbocycles. The Balaban J connectivity index is 1.41. The van der Waals surface area contributed by atoms with Crippen molar-refractivity contribution in [2.75, 3.05) is 51.4 Å². The van der Waals surface area contributed by atoms with Gasteiger partial charge in [0, 0.05) is 38.4 Å². The van der Waals surface area contributed by atoms with Crippen LogP contribution in [0.2, 0.25) is 0 Å². The van der Waals surface area contributed by atoms with Crippen molar-refractivity contribution in [2.45, 2.75) is 19.5 Å². The predicted octanol–water partition coefficient (Wildman–Crippen LogP) is 2.08. The molecule has 0 unspecified atom stereocenters. The summed E-state index contributed by atoms with van der Waals surface area (Å²) in [5.74, 6) is 0.570. The number of morpholine rings is 1. The Morgan fingerprint density at radius 3 is 2.52 bits per heavy atom. The fraction of sp³-hybridized carbons (Fsp3) is 0.417. The summed E-state index contributed by atoms with van der Waals surface area (Å²) in [6.07, 6.45) is 0. The first-order valence-electron chi connectivity index (χ1n) is 10.7. The normalized spacial score (nSPS) is 19.5. The number of benzene rings is 2. The van der Waals surface area contributed by atoms with Crippen LogP contribution in [0.5, 0.6) is 5.75 Å². The molecule has 0 bridgehead atoms. The van der Waals surface area contributed by atoms with E-state index < -0.39 is 6.04 Å². The highest BCUT2D eigenvalue weighted by molar-refractivity contribution is 5.89. The zero-order valence-electron chi connectivity index (χ0n) is 18.1. The molecule has 164 valence electrons. The van der Waals surface area contributed by atoms with E-state index in [9.17, 15) is 9.59 Å². The summed E-state index contributed by atoms with van der Waals surface area (Å²) >= 11 is 0. The van der Waals surface area contributed by atoms with Crippen molar-refractivity contribution in [3.05, 3.63) is 59.7 Å². The van der Waals surface area contributed by atoms with Gasteiger partial charge in [-0.15, -0.1) is 0 Å². The number of hydrogen-bond donors (Lipinski definition) is 0. The Hall–Kier alpha value is -3.06. The number of hydrogen-bond acceptors (Lipinski definition) is 5. The number of rotatable bonds is 5. The second-order valence-electron chi connectivity index (χ2n) is 8.05. The fourth-order valence-corrected chi connectivity index (χ4v) is 4.16. The van der Waals surface area contributed by atoms with Gasteiger partial charge in [-0.3, -0.25) is 9.59 Å². The van der Waals surface area contributed by atoms with E-state index in [1.165, 1.54) is 11.3 Å². The zero-order chi connectivity index (χ0) is 21.8. The van der Waals surface area contributed by atoms with Gasteiger partial charge in [0.25, 0.3) is 0 Å². The lowest BCUT2D eigenvalue weighted by Crippen LogP contribution is -2.59. The topological polar surface area (TPSA) is 62.3 Å². The molecule has 31 heavy (non-hydrogen) atoms. The van der Waals surface area contributed by atoms with E-state index in [0.717, 1.165) is 24.4 Å². The average molecular weight is 424 g/mol. The van der Waals surface area contributed by atoms with Crippen LogP contribution in [0.1, 0.15) is 11.1 Å². The van der Waals surface area contributed by atoms with Gasteiger partial charge in [0.2, 0.25) is 11.8 Å². The van der Waals surface area contributed by atoms with E-state index >= 15 is 0 Å². The third kappa shape index (κ3) is 4.82. The van der Waals surface area contributed by atoms with E-state index in [1.54, 1.807) is 12.0 Å². The van der Waals surface area contributed by atoms with E-state index in [4.69, 9.17) is 9.47 Å². The summed E-state index contributed by atoms with van der Waals surface area (Å²) in [6.45, 7) is 5.53. The van der Waals surface area contributed by atoms with Crippen molar-refractivity contribution >= 4 is 17.5 Å². The van der Waals surface area contributed by atoms with E-state index in [1.807, 2.05) is 29.2 Å². The van der Waals surface area contributed by atoms with Gasteiger partial charge in [0.15, 0.2) is 0 Å². The van der Waals surface area contributed by atoms with Crippen LogP contribution in [0.15, 0.2) is 48.5 Å². The molecule has 2 amide bonds. The van der Waals surface area contributed by atoms with E-state index in [2.05, 4.69) is 36.1 Å². The third-order valence-corrected chi connectivity index (χ3v) is 5.95. The van der Waals surface area contributed by atoms with Crippen LogP contribution in [0.25, 0.3) is 0 Å². The lowest BCUT2D eigenvalue weighted by molar-refractivity contribution is -0.160. The summed E-state index contributed by atoms with van der Waals surface area (Å²) in [4.78, 5) is 31.7. The van der Waals surface area contributed by atoms with Gasteiger partial charge >= 0.3 is 0 Å². The van der Waals surface area contributed by atoms with Crippen LogP contribution in [-0.4, -0.2) is 74.2 Å². The van der Waals surface area contributed by atoms with Gasteiger partial charge in [0.1, 0.15) is 18.4 Å². The second-order valence-corrected chi connectivity index (χ2v) is 8.05. The van der Waals surface area contributed by atoms with Crippen molar-refractivity contribution in [2.24, 2.45) is 0 Å². The van der Waals surface area contributed by atoms with Crippen molar-refractivity contribution in [1.29, 1.82) is 0 Å². The molecule has 2 saturated heterocycles. The number of aryl methyl sites for hydroxylation is 1. The summed E-state index contributed by atoms with van der Waals surface area (Å²) in [6, 6.07) is 15.4. The minimum absolute atomic E-state index is 0.0150. The van der Waals surface area contributed by atoms with Crippen LogP contribution in [0.3, 0.4) is 0 Å². The van der Waals surface area contributed by atoms with Gasteiger partial charge in [-0.25, -0.2) is 0 Å². The summed E-state index contributed by atoms with van der Waals surface area (Å²) in [5.41, 5.74) is 3.37. The summed E-state index contributed by atoms with van der Waals surface area (Å²) < 4.78 is 10.6. The van der Waals surface area contributed by atoms with Crippen LogP contribution in [0.4, 0.5) is 5.69 Å². The standard InChI is InChI=1S/C24H29N3O4/c1-18-4-3-5-20(14-18)25-10-12-26(13-11-25)24(29)22-16-31-17-23(28)27(22)15-19-6-8-21(30-2)9-7-19/h3-9,14,22H,10-13,15-17H2,1-2H3/t22-/m0/s1. The van der Waals surface area contributed by atoms with Gasteiger partial charge in [-0.1, -0.05) is 24.3 Å². The largest absolute Gasteiger partial charge is 0.497 e. The van der Waals surface area contributed by atoms with Gasteiger partial charge in [-0.2, -0.15) is 0 Å². The summed E-state index contributed by atoms with van der Waals surface area (Å²) in [5, 5.41) is 0. The molecule has 0 aliphatic carbocycles. The van der Waals surface area contributed by atoms with Crippen LogP contribution < -0.4 is 9.64 Å². The number of nitrogens with zero attached hydrogens (tertiary/aromatic N) is 3. The number of carbonyl (C=O) groups excluding carboxylic acids is 2. The highest BCUT2D eigenvalue weighted by atomic mass is 16.5. The molecule has 0 N–H and O–H groups in total. The zero-order valence-corrected chi connectivity index (χ0v) is 18.1. The van der Waals surface area contributed by atoms with Crippen LogP contribution >= 0.6 is 0 Å². The fourth-order valence-electron chi connectivity index (χ4n) is 4.16. The van der Waals surface area contributed by atoms with Crippen LogP contribution in [0, 0.1) is 6.92 Å². The number of amides is 2. The Kier molecular flexibility index (Phi) is 6.42. The molecule has 0 spiro atoms. The molecule has 2 aliphatic rings.